The molecule has 0 bridgehead atoms. The van der Waals surface area contributed by atoms with Crippen LogP contribution < -0.4 is 10.6 Å². The van der Waals surface area contributed by atoms with E-state index < -0.39 is 17.9 Å². The molecule has 4 rings (SSSR count). The van der Waals surface area contributed by atoms with Gasteiger partial charge in [-0.3, -0.25) is 0 Å². The molecular formula is C22H31N5O3SSi. The zero-order valence-corrected chi connectivity index (χ0v) is 20.7. The molecular weight excluding hydrogens is 442 g/mol. The Morgan fingerprint density at radius 1 is 1.09 bits per heavy atom. The number of nitrogens with zero attached hydrogens (tertiary/aromatic N) is 4. The molecule has 2 N–H and O–H groups in total. The number of hydrogen-bond acceptors (Lipinski definition) is 7. The van der Waals surface area contributed by atoms with Crippen molar-refractivity contribution in [3.63, 3.8) is 0 Å². The Bertz CT molecular complexity index is 1190. The zero-order chi connectivity index (χ0) is 22.9. The number of anilines is 2. The van der Waals surface area contributed by atoms with E-state index in [-0.39, 0.29) is 11.5 Å². The summed E-state index contributed by atoms with van der Waals surface area (Å²) in [7, 11) is -4.16. The Labute approximate surface area is 190 Å². The largest absolute Gasteiger partial charge is 0.399 e. The number of ether oxygens (including phenoxy) is 1. The van der Waals surface area contributed by atoms with Gasteiger partial charge in [0.2, 0.25) is 0 Å². The molecule has 0 spiro atoms. The highest BCUT2D eigenvalue weighted by Crippen LogP contribution is 2.33. The monoisotopic (exact) mass is 473 g/mol. The molecule has 3 aromatic rings. The molecule has 32 heavy (non-hydrogen) atoms. The number of aromatic nitrogens is 3. The van der Waals surface area contributed by atoms with Gasteiger partial charge in [0.25, 0.3) is 0 Å². The van der Waals surface area contributed by atoms with Crippen molar-refractivity contribution in [2.24, 2.45) is 0 Å². The molecule has 0 saturated carbocycles. The van der Waals surface area contributed by atoms with E-state index in [2.05, 4.69) is 40.2 Å². The molecule has 0 atom stereocenters. The molecule has 1 aliphatic heterocycles. The molecule has 0 radical (unpaired) electrons. The summed E-state index contributed by atoms with van der Waals surface area (Å²) in [6, 6.07) is 10.9. The van der Waals surface area contributed by atoms with Gasteiger partial charge in [0, 0.05) is 33.5 Å². The van der Waals surface area contributed by atoms with Gasteiger partial charge in [0.1, 0.15) is 24.5 Å². The maximum absolute atomic E-state index is 11.9. The molecule has 2 aromatic heterocycles. The first-order chi connectivity index (χ1) is 15.1. The van der Waals surface area contributed by atoms with Gasteiger partial charge in [-0.25, -0.2) is 18.4 Å². The molecule has 1 fully saturated rings. The van der Waals surface area contributed by atoms with Crippen LogP contribution in [0.3, 0.4) is 0 Å². The van der Waals surface area contributed by atoms with Crippen molar-refractivity contribution in [2.75, 3.05) is 41.8 Å². The fraction of sp³-hybridized carbons (Fsp3) is 0.455. The Kier molecular flexibility index (Phi) is 6.28. The average Bonchev–Trinajstić information content (AvgIpc) is 3.10. The lowest BCUT2D eigenvalue weighted by atomic mass is 10.1. The second kappa shape index (κ2) is 8.84. The Morgan fingerprint density at radius 3 is 2.44 bits per heavy atom. The summed E-state index contributed by atoms with van der Waals surface area (Å²) in [5.41, 5.74) is 9.37. The van der Waals surface area contributed by atoms with Gasteiger partial charge in [-0.1, -0.05) is 31.8 Å². The highest BCUT2D eigenvalue weighted by Gasteiger charge is 2.25. The van der Waals surface area contributed by atoms with Gasteiger partial charge in [-0.05, 0) is 29.8 Å². The summed E-state index contributed by atoms with van der Waals surface area (Å²) >= 11 is 0. The van der Waals surface area contributed by atoms with Crippen LogP contribution in [0.25, 0.3) is 22.3 Å². The highest BCUT2D eigenvalue weighted by atomic mass is 32.2. The number of sulfone groups is 1. The lowest BCUT2D eigenvalue weighted by Crippen LogP contribution is -2.40. The van der Waals surface area contributed by atoms with Crippen molar-refractivity contribution in [1.29, 1.82) is 0 Å². The van der Waals surface area contributed by atoms with Crippen molar-refractivity contribution in [3.8, 4) is 11.3 Å². The predicted molar refractivity (Wildman–Crippen MR) is 132 cm³/mol. The SMILES string of the molecule is C[Si](C)(C)CCOCn1c(-c2ccc(N)cc2)cc2c(N3CCS(=O)(=O)CC3)ncnc21. The summed E-state index contributed by atoms with van der Waals surface area (Å²) in [6.07, 6.45) is 1.55. The molecule has 3 heterocycles. The minimum Gasteiger partial charge on any atom is -0.399 e. The van der Waals surface area contributed by atoms with Gasteiger partial charge in [-0.15, -0.1) is 0 Å². The first-order valence-corrected chi connectivity index (χ1v) is 16.4. The van der Waals surface area contributed by atoms with E-state index in [9.17, 15) is 8.42 Å². The van der Waals surface area contributed by atoms with Crippen LogP contribution in [0.15, 0.2) is 36.7 Å². The number of hydrogen-bond donors (Lipinski definition) is 1. The summed E-state index contributed by atoms with van der Waals surface area (Å²) in [5.74, 6) is 1.05. The second-order valence-electron chi connectivity index (χ2n) is 9.50. The van der Waals surface area contributed by atoms with Crippen LogP contribution in [0.4, 0.5) is 11.5 Å². The molecule has 0 amide bonds. The van der Waals surface area contributed by atoms with E-state index >= 15 is 0 Å². The Balaban J connectivity index is 1.72. The number of fused-ring (bicyclic) bond motifs is 1. The summed E-state index contributed by atoms with van der Waals surface area (Å²) in [5, 5.41) is 0.896. The molecule has 8 nitrogen and oxygen atoms in total. The predicted octanol–water partition coefficient (Wildman–Crippen LogP) is 3.23. The highest BCUT2D eigenvalue weighted by molar-refractivity contribution is 7.91. The molecule has 0 aliphatic carbocycles. The lowest BCUT2D eigenvalue weighted by Gasteiger charge is -2.28. The van der Waals surface area contributed by atoms with Gasteiger partial charge >= 0.3 is 0 Å². The standard InChI is InChI=1S/C22H31N5O3SSi/c1-32(2,3)13-10-30-16-27-20(17-4-6-18(23)7-5-17)14-19-21(24-15-25-22(19)27)26-8-11-31(28,29)12-9-26/h4-7,14-15H,8-13,16,23H2,1-3H3. The zero-order valence-electron chi connectivity index (χ0n) is 18.9. The van der Waals surface area contributed by atoms with E-state index in [1.54, 1.807) is 6.33 Å². The van der Waals surface area contributed by atoms with E-state index in [1.807, 2.05) is 29.2 Å². The fourth-order valence-electron chi connectivity index (χ4n) is 3.78. The van der Waals surface area contributed by atoms with Gasteiger partial charge < -0.3 is 19.9 Å². The quantitative estimate of drug-likeness (QED) is 0.319. The molecule has 1 aromatic carbocycles. The van der Waals surface area contributed by atoms with Crippen LogP contribution >= 0.6 is 0 Å². The third-order valence-corrected chi connectivity index (χ3v) is 9.05. The molecule has 0 unspecified atom stereocenters. The molecule has 10 heteroatoms. The third-order valence-electron chi connectivity index (χ3n) is 5.74. The van der Waals surface area contributed by atoms with E-state index in [1.165, 1.54) is 0 Å². The van der Waals surface area contributed by atoms with Gasteiger partial charge in [0.05, 0.1) is 22.6 Å². The topological polar surface area (TPSA) is 103 Å². The third kappa shape index (κ3) is 5.13. The second-order valence-corrected chi connectivity index (χ2v) is 17.4. The number of benzene rings is 1. The van der Waals surface area contributed by atoms with E-state index in [0.717, 1.165) is 34.2 Å². The minimum absolute atomic E-state index is 0.143. The van der Waals surface area contributed by atoms with E-state index in [4.69, 9.17) is 10.5 Å². The normalized spacial score (nSPS) is 16.5. The fourth-order valence-corrected chi connectivity index (χ4v) is 5.74. The number of rotatable bonds is 7. The van der Waals surface area contributed by atoms with Gasteiger partial charge in [0.15, 0.2) is 9.84 Å². The van der Waals surface area contributed by atoms with Crippen LogP contribution in [0, 0.1) is 0 Å². The Hall–Kier alpha value is -2.43. The van der Waals surface area contributed by atoms with Crippen molar-refractivity contribution in [3.05, 3.63) is 36.7 Å². The van der Waals surface area contributed by atoms with Crippen LogP contribution in [0.1, 0.15) is 0 Å². The van der Waals surface area contributed by atoms with Gasteiger partial charge in [-0.2, -0.15) is 0 Å². The minimum atomic E-state index is -2.97. The average molecular weight is 474 g/mol. The molecule has 172 valence electrons. The first kappa shape index (κ1) is 22.7. The lowest BCUT2D eigenvalue weighted by molar-refractivity contribution is 0.0909. The number of nitrogen functional groups attached to an aromatic ring is 1. The van der Waals surface area contributed by atoms with Crippen molar-refractivity contribution >= 4 is 40.4 Å². The first-order valence-electron chi connectivity index (χ1n) is 10.9. The van der Waals surface area contributed by atoms with Crippen molar-refractivity contribution in [1.82, 2.24) is 14.5 Å². The van der Waals surface area contributed by atoms with Crippen LogP contribution in [-0.4, -0.2) is 62.2 Å². The maximum atomic E-state index is 11.9. The summed E-state index contributed by atoms with van der Waals surface area (Å²) < 4.78 is 31.9. The summed E-state index contributed by atoms with van der Waals surface area (Å²) in [4.78, 5) is 11.1. The summed E-state index contributed by atoms with van der Waals surface area (Å²) in [6.45, 7) is 8.96. The molecule has 1 saturated heterocycles. The van der Waals surface area contributed by atoms with Crippen LogP contribution in [-0.2, 0) is 21.3 Å². The Morgan fingerprint density at radius 2 is 1.78 bits per heavy atom. The van der Waals surface area contributed by atoms with E-state index in [0.29, 0.717) is 32.1 Å². The molecule has 1 aliphatic rings. The van der Waals surface area contributed by atoms with Crippen LogP contribution in [0.2, 0.25) is 25.7 Å². The van der Waals surface area contributed by atoms with Crippen LogP contribution in [0.5, 0.6) is 0 Å². The maximum Gasteiger partial charge on any atom is 0.153 e. The van der Waals surface area contributed by atoms with Crippen molar-refractivity contribution < 1.29 is 13.2 Å². The smallest absolute Gasteiger partial charge is 0.153 e. The number of nitrogens with two attached hydrogens (primary N) is 1. The van der Waals surface area contributed by atoms with Crippen molar-refractivity contribution in [2.45, 2.75) is 32.4 Å².